The zero-order chi connectivity index (χ0) is 19.9. The molecule has 5 aliphatic rings. The standard InChI is InChI=1S/C19H25FO7S/c20-15(28(23,24)25)16(21)27-14-3-1-10(2-4-14)9-26-17(22)18-7-12-5-11-6-13(8-18)19(11,12)18/h10-15H,1-9H2,(H,23,24,25). The van der Waals surface area contributed by atoms with Crippen molar-refractivity contribution in [2.45, 2.75) is 63.0 Å². The van der Waals surface area contributed by atoms with Gasteiger partial charge < -0.3 is 9.47 Å². The van der Waals surface area contributed by atoms with E-state index in [0.29, 0.717) is 37.7 Å². The first kappa shape index (κ1) is 18.8. The lowest BCUT2D eigenvalue weighted by molar-refractivity contribution is -0.418. The fourth-order valence-corrected chi connectivity index (χ4v) is 7.66. The number of ether oxygens (including phenoxy) is 2. The maximum atomic E-state index is 13.3. The molecule has 5 saturated carbocycles. The Morgan fingerprint density at radius 2 is 1.68 bits per heavy atom. The Hall–Kier alpha value is -1.22. The van der Waals surface area contributed by atoms with Crippen molar-refractivity contribution in [3.63, 3.8) is 0 Å². The highest BCUT2D eigenvalue weighted by atomic mass is 32.2. The SMILES string of the molecule is O=C(OC1CCC(COC(=O)C23CC4CC5CC(C2)C543)CC1)C(F)S(=O)(=O)O. The first-order chi connectivity index (χ1) is 13.2. The van der Waals surface area contributed by atoms with E-state index in [9.17, 15) is 22.4 Å². The molecule has 3 atom stereocenters. The quantitative estimate of drug-likeness (QED) is 0.523. The molecule has 5 fully saturated rings. The van der Waals surface area contributed by atoms with Crippen molar-refractivity contribution in [3.05, 3.63) is 0 Å². The smallest absolute Gasteiger partial charge is 0.359 e. The number of halogens is 1. The van der Waals surface area contributed by atoms with Gasteiger partial charge in [-0.1, -0.05) is 0 Å². The van der Waals surface area contributed by atoms with E-state index in [-0.39, 0.29) is 17.3 Å². The molecular formula is C19H25FO7S. The molecule has 3 unspecified atom stereocenters. The summed E-state index contributed by atoms with van der Waals surface area (Å²) in [5.41, 5.74) is -2.95. The van der Waals surface area contributed by atoms with Crippen molar-refractivity contribution in [2.24, 2.45) is 34.5 Å². The average molecular weight is 416 g/mol. The van der Waals surface area contributed by atoms with Gasteiger partial charge in [0.1, 0.15) is 6.10 Å². The normalized spacial score (nSPS) is 46.3. The first-order valence-electron chi connectivity index (χ1n) is 10.2. The summed E-state index contributed by atoms with van der Waals surface area (Å²) in [7, 11) is -5.10. The van der Waals surface area contributed by atoms with E-state index < -0.39 is 27.7 Å². The van der Waals surface area contributed by atoms with E-state index in [1.165, 1.54) is 12.8 Å². The van der Waals surface area contributed by atoms with Gasteiger partial charge in [0.05, 0.1) is 12.0 Å². The third kappa shape index (κ3) is 2.26. The summed E-state index contributed by atoms with van der Waals surface area (Å²) in [4.78, 5) is 24.2. The van der Waals surface area contributed by atoms with Gasteiger partial charge in [0.25, 0.3) is 0 Å². The molecule has 0 saturated heterocycles. The maximum Gasteiger partial charge on any atom is 0.359 e. The third-order valence-corrected chi connectivity index (χ3v) is 9.26. The van der Waals surface area contributed by atoms with E-state index in [2.05, 4.69) is 0 Å². The topological polar surface area (TPSA) is 107 Å². The van der Waals surface area contributed by atoms with E-state index in [1.807, 2.05) is 0 Å². The van der Waals surface area contributed by atoms with Gasteiger partial charge >= 0.3 is 27.6 Å². The summed E-state index contributed by atoms with van der Waals surface area (Å²) >= 11 is 0. The van der Waals surface area contributed by atoms with Crippen molar-refractivity contribution in [3.8, 4) is 0 Å². The van der Waals surface area contributed by atoms with Gasteiger partial charge in [-0.15, -0.1) is 0 Å². The van der Waals surface area contributed by atoms with Gasteiger partial charge in [-0.05, 0) is 80.5 Å². The van der Waals surface area contributed by atoms with Crippen LogP contribution in [0.3, 0.4) is 0 Å². The molecular weight excluding hydrogens is 391 g/mol. The summed E-state index contributed by atoms with van der Waals surface area (Å²) in [6.45, 7) is 0.355. The lowest BCUT2D eigenvalue weighted by Crippen LogP contribution is -2.87. The first-order valence-corrected chi connectivity index (χ1v) is 11.7. The minimum absolute atomic E-state index is 0.0219. The van der Waals surface area contributed by atoms with Gasteiger partial charge in [0, 0.05) is 0 Å². The van der Waals surface area contributed by atoms with E-state index in [4.69, 9.17) is 14.0 Å². The summed E-state index contributed by atoms with van der Waals surface area (Å²) in [5, 5.41) is 0. The Labute approximate surface area is 163 Å². The van der Waals surface area contributed by atoms with Gasteiger partial charge in [-0.25, -0.2) is 9.18 Å². The molecule has 0 aromatic heterocycles. The second-order valence-electron chi connectivity index (χ2n) is 9.49. The van der Waals surface area contributed by atoms with Crippen LogP contribution in [0.1, 0.15) is 51.4 Å². The maximum absolute atomic E-state index is 13.3. The third-order valence-electron chi connectivity index (χ3n) is 8.55. The predicted octanol–water partition coefficient (Wildman–Crippen LogP) is 2.25. The lowest BCUT2D eigenvalue weighted by Gasteiger charge is -2.89. The minimum atomic E-state index is -5.10. The molecule has 0 aliphatic heterocycles. The van der Waals surface area contributed by atoms with Crippen LogP contribution in [0.4, 0.5) is 4.39 Å². The molecule has 156 valence electrons. The van der Waals surface area contributed by atoms with Crippen LogP contribution < -0.4 is 0 Å². The zero-order valence-corrected chi connectivity index (χ0v) is 16.3. The van der Waals surface area contributed by atoms with Crippen LogP contribution >= 0.6 is 0 Å². The highest BCUT2D eigenvalue weighted by molar-refractivity contribution is 7.87. The van der Waals surface area contributed by atoms with Crippen molar-refractivity contribution >= 4 is 22.1 Å². The summed E-state index contributed by atoms with van der Waals surface area (Å²) < 4.78 is 53.7. The van der Waals surface area contributed by atoms with Crippen LogP contribution in [0.2, 0.25) is 0 Å². The zero-order valence-electron chi connectivity index (χ0n) is 15.5. The molecule has 28 heavy (non-hydrogen) atoms. The summed E-state index contributed by atoms with van der Waals surface area (Å²) in [5.74, 6) is 0.830. The number of carbonyl (C=O) groups excluding carboxylic acids is 2. The number of hydrogen-bond acceptors (Lipinski definition) is 6. The molecule has 0 radical (unpaired) electrons. The highest BCUT2D eigenvalue weighted by Crippen LogP contribution is 2.93. The van der Waals surface area contributed by atoms with Gasteiger partial charge in [-0.2, -0.15) is 8.42 Å². The van der Waals surface area contributed by atoms with Gasteiger partial charge in [-0.3, -0.25) is 9.35 Å². The molecule has 9 heteroatoms. The van der Waals surface area contributed by atoms with Gasteiger partial charge in [0.15, 0.2) is 0 Å². The van der Waals surface area contributed by atoms with E-state index in [1.54, 1.807) is 0 Å². The number of alkyl halides is 1. The van der Waals surface area contributed by atoms with Crippen LogP contribution in [0.15, 0.2) is 0 Å². The minimum Gasteiger partial charge on any atom is -0.465 e. The second-order valence-corrected chi connectivity index (χ2v) is 10.9. The average Bonchev–Trinajstić information content (AvgIpc) is 2.57. The van der Waals surface area contributed by atoms with Crippen LogP contribution in [0.5, 0.6) is 0 Å². The van der Waals surface area contributed by atoms with E-state index >= 15 is 0 Å². The Kier molecular flexibility index (Phi) is 3.96. The molecule has 1 N–H and O–H groups in total. The largest absolute Gasteiger partial charge is 0.465 e. The van der Waals surface area contributed by atoms with Crippen LogP contribution in [0.25, 0.3) is 0 Å². The van der Waals surface area contributed by atoms with Gasteiger partial charge in [0.2, 0.25) is 0 Å². The monoisotopic (exact) mass is 416 g/mol. The van der Waals surface area contributed by atoms with Crippen LogP contribution in [-0.2, 0) is 29.2 Å². The number of hydrogen-bond donors (Lipinski definition) is 1. The molecule has 0 aromatic rings. The molecule has 0 amide bonds. The number of carbonyl (C=O) groups is 2. The summed E-state index contributed by atoms with van der Waals surface area (Å²) in [6, 6.07) is 0. The highest BCUT2D eigenvalue weighted by Gasteiger charge is 2.90. The number of esters is 2. The molecule has 7 nitrogen and oxygen atoms in total. The Morgan fingerprint density at radius 1 is 1.07 bits per heavy atom. The molecule has 0 bridgehead atoms. The van der Waals surface area contributed by atoms with Crippen molar-refractivity contribution < 1.29 is 36.4 Å². The Bertz CT molecular complexity index is 791. The fraction of sp³-hybridized carbons (Fsp3) is 0.895. The summed E-state index contributed by atoms with van der Waals surface area (Å²) in [6.07, 6.45) is 6.22. The second kappa shape index (κ2) is 5.90. The van der Waals surface area contributed by atoms with Crippen LogP contribution in [-0.4, -0.2) is 43.1 Å². The lowest BCUT2D eigenvalue weighted by atomic mass is 9.13. The van der Waals surface area contributed by atoms with Crippen LogP contribution in [0, 0.1) is 34.5 Å². The van der Waals surface area contributed by atoms with E-state index in [0.717, 1.165) is 30.6 Å². The predicted molar refractivity (Wildman–Crippen MR) is 93.0 cm³/mol. The van der Waals surface area contributed by atoms with Crippen molar-refractivity contribution in [2.75, 3.05) is 6.61 Å². The Balaban J connectivity index is 1.07. The fourth-order valence-electron chi connectivity index (χ4n) is 7.37. The molecule has 5 aliphatic carbocycles. The van der Waals surface area contributed by atoms with Crippen molar-refractivity contribution in [1.82, 2.24) is 0 Å². The molecule has 0 heterocycles. The molecule has 5 rings (SSSR count). The Morgan fingerprint density at radius 3 is 2.18 bits per heavy atom. The van der Waals surface area contributed by atoms with Crippen molar-refractivity contribution in [1.29, 1.82) is 0 Å². The number of rotatable bonds is 6. The molecule has 0 aromatic carbocycles. The molecule has 1 spiro atoms.